The zero-order valence-corrected chi connectivity index (χ0v) is 13.0. The Morgan fingerprint density at radius 2 is 2.04 bits per heavy atom. The summed E-state index contributed by atoms with van der Waals surface area (Å²) in [4.78, 5) is 27.1. The zero-order valence-electron chi connectivity index (χ0n) is 13.0. The van der Waals surface area contributed by atoms with E-state index in [-0.39, 0.29) is 17.2 Å². The molecular formula is C17H16N2O4. The van der Waals surface area contributed by atoms with Crippen LogP contribution < -0.4 is 10.1 Å². The van der Waals surface area contributed by atoms with Gasteiger partial charge in [0.1, 0.15) is 11.3 Å². The number of aromatic carboxylic acids is 1. The Hall–Kier alpha value is -3.02. The largest absolute Gasteiger partial charge is 0.496 e. The summed E-state index contributed by atoms with van der Waals surface area (Å²) in [6, 6.07) is 5.14. The van der Waals surface area contributed by atoms with Crippen molar-refractivity contribution in [1.82, 2.24) is 4.98 Å². The lowest BCUT2D eigenvalue weighted by Gasteiger charge is -2.09. The predicted molar refractivity (Wildman–Crippen MR) is 86.7 cm³/mol. The van der Waals surface area contributed by atoms with Crippen LogP contribution in [-0.4, -0.2) is 29.1 Å². The zero-order chi connectivity index (χ0) is 16.7. The molecule has 3 N–H and O–H groups in total. The lowest BCUT2D eigenvalue weighted by molar-refractivity contribution is -0.110. The molecule has 118 valence electrons. The molecule has 1 amide bonds. The summed E-state index contributed by atoms with van der Waals surface area (Å²) in [5.41, 5.74) is 3.85. The minimum Gasteiger partial charge on any atom is -0.496 e. The number of carbonyl (C=O) groups excluding carboxylic acids is 1. The van der Waals surface area contributed by atoms with Crippen LogP contribution in [0.4, 0.5) is 5.69 Å². The average molecular weight is 312 g/mol. The lowest BCUT2D eigenvalue weighted by atomic mass is 9.98. The van der Waals surface area contributed by atoms with Crippen LogP contribution in [0.2, 0.25) is 0 Å². The second kappa shape index (κ2) is 5.31. The number of amides is 1. The number of aromatic nitrogens is 1. The van der Waals surface area contributed by atoms with Gasteiger partial charge in [-0.1, -0.05) is 0 Å². The van der Waals surface area contributed by atoms with Gasteiger partial charge in [0.15, 0.2) is 0 Å². The molecule has 0 radical (unpaired) electrons. The Balaban J connectivity index is 2.26. The molecule has 0 saturated heterocycles. The van der Waals surface area contributed by atoms with Gasteiger partial charge in [-0.3, -0.25) is 4.79 Å². The Labute approximate surface area is 132 Å². The molecule has 2 heterocycles. The standard InChI is InChI=1S/C17H16N2O4/c1-8-6-9(2)18-12(8)7-10-14-11(19-16(10)20)4-5-13(23-3)15(14)17(21)22/h4-7,18H,1-3H3,(H,19,20)(H,21,22)/b10-7-. The van der Waals surface area contributed by atoms with Crippen molar-refractivity contribution in [2.75, 3.05) is 12.4 Å². The maximum atomic E-state index is 12.3. The van der Waals surface area contributed by atoms with Gasteiger partial charge < -0.3 is 20.1 Å². The van der Waals surface area contributed by atoms with Gasteiger partial charge in [-0.25, -0.2) is 4.79 Å². The third-order valence-corrected chi connectivity index (χ3v) is 3.84. The minimum atomic E-state index is -1.14. The van der Waals surface area contributed by atoms with Gasteiger partial charge in [0.25, 0.3) is 5.91 Å². The SMILES string of the molecule is COc1ccc2c(c1C(=O)O)/C(=C/c1[nH]c(C)cc1C)C(=O)N2. The summed E-state index contributed by atoms with van der Waals surface area (Å²) in [7, 11) is 1.40. The van der Waals surface area contributed by atoms with Crippen molar-refractivity contribution in [2.24, 2.45) is 0 Å². The number of carbonyl (C=O) groups is 2. The van der Waals surface area contributed by atoms with Crippen LogP contribution in [0.3, 0.4) is 0 Å². The molecule has 0 aliphatic carbocycles. The highest BCUT2D eigenvalue weighted by Crippen LogP contribution is 2.40. The van der Waals surface area contributed by atoms with Gasteiger partial charge in [0.05, 0.1) is 18.4 Å². The summed E-state index contributed by atoms with van der Waals surface area (Å²) in [6.45, 7) is 3.84. The Morgan fingerprint density at radius 1 is 1.30 bits per heavy atom. The number of aryl methyl sites for hydroxylation is 2. The van der Waals surface area contributed by atoms with Crippen molar-refractivity contribution in [3.63, 3.8) is 0 Å². The van der Waals surface area contributed by atoms with E-state index in [1.165, 1.54) is 13.2 Å². The van der Waals surface area contributed by atoms with Crippen LogP contribution in [0.25, 0.3) is 11.6 Å². The van der Waals surface area contributed by atoms with Gasteiger partial charge in [-0.15, -0.1) is 0 Å². The number of anilines is 1. The van der Waals surface area contributed by atoms with E-state index in [4.69, 9.17) is 4.74 Å². The molecule has 1 aromatic heterocycles. The van der Waals surface area contributed by atoms with Crippen molar-refractivity contribution < 1.29 is 19.4 Å². The first-order valence-electron chi connectivity index (χ1n) is 7.06. The molecule has 0 unspecified atom stereocenters. The van der Waals surface area contributed by atoms with Crippen LogP contribution in [0, 0.1) is 13.8 Å². The summed E-state index contributed by atoms with van der Waals surface area (Å²) in [5, 5.41) is 12.2. The van der Waals surface area contributed by atoms with E-state index in [0.717, 1.165) is 17.0 Å². The van der Waals surface area contributed by atoms with Gasteiger partial charge in [0.2, 0.25) is 0 Å². The van der Waals surface area contributed by atoms with Crippen LogP contribution in [-0.2, 0) is 4.79 Å². The number of hydrogen-bond acceptors (Lipinski definition) is 3. The molecule has 0 spiro atoms. The third-order valence-electron chi connectivity index (χ3n) is 3.84. The fraction of sp³-hybridized carbons (Fsp3) is 0.176. The first-order valence-corrected chi connectivity index (χ1v) is 7.06. The fourth-order valence-electron chi connectivity index (χ4n) is 2.83. The molecule has 23 heavy (non-hydrogen) atoms. The maximum absolute atomic E-state index is 12.3. The van der Waals surface area contributed by atoms with E-state index < -0.39 is 5.97 Å². The summed E-state index contributed by atoms with van der Waals surface area (Å²) in [6.07, 6.45) is 1.68. The van der Waals surface area contributed by atoms with Crippen molar-refractivity contribution in [2.45, 2.75) is 13.8 Å². The monoisotopic (exact) mass is 312 g/mol. The van der Waals surface area contributed by atoms with Gasteiger partial charge in [-0.2, -0.15) is 0 Å². The number of carboxylic acids is 1. The highest BCUT2D eigenvalue weighted by Gasteiger charge is 2.32. The number of H-pyrrole nitrogens is 1. The molecule has 0 saturated carbocycles. The Kier molecular flexibility index (Phi) is 3.44. The molecule has 6 heteroatoms. The second-order valence-corrected chi connectivity index (χ2v) is 5.43. The number of aromatic amines is 1. The average Bonchev–Trinajstić information content (AvgIpc) is 2.97. The first-order chi connectivity index (χ1) is 10.9. The fourth-order valence-corrected chi connectivity index (χ4v) is 2.83. The smallest absolute Gasteiger partial charge is 0.340 e. The molecule has 2 aromatic rings. The number of hydrogen-bond donors (Lipinski definition) is 3. The Morgan fingerprint density at radius 3 is 2.61 bits per heavy atom. The number of ether oxygens (including phenoxy) is 1. The van der Waals surface area contributed by atoms with Crippen LogP contribution in [0.1, 0.15) is 32.9 Å². The Bertz CT molecular complexity index is 862. The van der Waals surface area contributed by atoms with Gasteiger partial charge in [0, 0.05) is 17.0 Å². The molecule has 6 nitrogen and oxygen atoms in total. The number of benzene rings is 1. The molecule has 3 rings (SSSR count). The highest BCUT2D eigenvalue weighted by molar-refractivity contribution is 6.36. The van der Waals surface area contributed by atoms with Crippen LogP contribution in [0.5, 0.6) is 5.75 Å². The topological polar surface area (TPSA) is 91.4 Å². The van der Waals surface area contributed by atoms with E-state index in [9.17, 15) is 14.7 Å². The van der Waals surface area contributed by atoms with E-state index in [1.807, 2.05) is 19.9 Å². The van der Waals surface area contributed by atoms with Crippen molar-refractivity contribution >= 4 is 29.2 Å². The normalized spacial score (nSPS) is 14.7. The molecule has 0 fully saturated rings. The van der Waals surface area contributed by atoms with Crippen molar-refractivity contribution in [3.05, 3.63) is 46.3 Å². The van der Waals surface area contributed by atoms with E-state index >= 15 is 0 Å². The second-order valence-electron chi connectivity index (χ2n) is 5.43. The number of fused-ring (bicyclic) bond motifs is 1. The van der Waals surface area contributed by atoms with Gasteiger partial charge >= 0.3 is 5.97 Å². The van der Waals surface area contributed by atoms with Gasteiger partial charge in [-0.05, 0) is 43.7 Å². The predicted octanol–water partition coefficient (Wildman–Crippen LogP) is 2.83. The molecule has 0 atom stereocenters. The summed E-state index contributed by atoms with van der Waals surface area (Å²) >= 11 is 0. The molecule has 1 aliphatic heterocycles. The first kappa shape index (κ1) is 14.9. The summed E-state index contributed by atoms with van der Waals surface area (Å²) < 4.78 is 5.14. The minimum absolute atomic E-state index is 0.0180. The molecular weight excluding hydrogens is 296 g/mol. The van der Waals surface area contributed by atoms with Crippen LogP contribution >= 0.6 is 0 Å². The maximum Gasteiger partial charge on any atom is 0.340 e. The quantitative estimate of drug-likeness (QED) is 0.760. The van der Waals surface area contributed by atoms with E-state index in [2.05, 4.69) is 10.3 Å². The summed E-state index contributed by atoms with van der Waals surface area (Å²) in [5.74, 6) is -1.25. The van der Waals surface area contributed by atoms with Crippen LogP contribution in [0.15, 0.2) is 18.2 Å². The molecule has 0 bridgehead atoms. The van der Waals surface area contributed by atoms with Crippen molar-refractivity contribution in [3.8, 4) is 5.75 Å². The number of nitrogens with one attached hydrogen (secondary N) is 2. The molecule has 1 aromatic carbocycles. The number of carboxylic acid groups (broad SMARTS) is 1. The third kappa shape index (κ3) is 2.38. The van der Waals surface area contributed by atoms with Crippen molar-refractivity contribution in [1.29, 1.82) is 0 Å². The van der Waals surface area contributed by atoms with E-state index in [1.54, 1.807) is 12.1 Å². The lowest BCUT2D eigenvalue weighted by Crippen LogP contribution is -2.05. The highest BCUT2D eigenvalue weighted by atomic mass is 16.5. The molecule has 1 aliphatic rings. The van der Waals surface area contributed by atoms with E-state index in [0.29, 0.717) is 16.8 Å². The number of rotatable bonds is 3. The number of methoxy groups -OCH3 is 1.